The van der Waals surface area contributed by atoms with Crippen LogP contribution in [0.5, 0.6) is 0 Å². The predicted octanol–water partition coefficient (Wildman–Crippen LogP) is 2.87. The highest BCUT2D eigenvalue weighted by Gasteiger charge is 2.14. The third-order valence-corrected chi connectivity index (χ3v) is 2.57. The van der Waals surface area contributed by atoms with Crippen LogP contribution in [0, 0.1) is 11.6 Å². The molecule has 1 heterocycles. The first-order chi connectivity index (χ1) is 8.09. The second-order valence-corrected chi connectivity index (χ2v) is 3.86. The highest BCUT2D eigenvalue weighted by atomic mass is 19.1. The van der Waals surface area contributed by atoms with Crippen LogP contribution in [0.1, 0.15) is 18.8 Å². The van der Waals surface area contributed by atoms with Gasteiger partial charge in [0, 0.05) is 19.4 Å². The lowest BCUT2D eigenvalue weighted by Crippen LogP contribution is -2.13. The summed E-state index contributed by atoms with van der Waals surface area (Å²) in [5.74, 6) is -0.496. The van der Waals surface area contributed by atoms with Crippen molar-refractivity contribution in [2.75, 3.05) is 5.32 Å². The maximum Gasteiger partial charge on any atom is 0.149 e. The van der Waals surface area contributed by atoms with E-state index in [1.165, 1.54) is 18.2 Å². The Morgan fingerprint density at radius 3 is 2.47 bits per heavy atom. The number of nitrogens with one attached hydrogen (secondary N) is 1. The summed E-state index contributed by atoms with van der Waals surface area (Å²) in [5, 5.41) is 2.79. The van der Waals surface area contributed by atoms with Gasteiger partial charge in [0.25, 0.3) is 0 Å². The van der Waals surface area contributed by atoms with Gasteiger partial charge in [0.1, 0.15) is 23.1 Å². The number of anilines is 1. The molecule has 0 radical (unpaired) electrons. The molecule has 0 amide bonds. The van der Waals surface area contributed by atoms with E-state index < -0.39 is 11.6 Å². The number of para-hydroxylation sites is 1. The molecule has 0 bridgehead atoms. The minimum atomic E-state index is -0.606. The molecule has 1 aromatic carbocycles. The maximum atomic E-state index is 13.4. The van der Waals surface area contributed by atoms with Crippen molar-refractivity contribution in [3.8, 4) is 0 Å². The smallest absolute Gasteiger partial charge is 0.149 e. The van der Waals surface area contributed by atoms with Gasteiger partial charge in [0.15, 0.2) is 0 Å². The van der Waals surface area contributed by atoms with E-state index in [0.717, 1.165) is 0 Å². The summed E-state index contributed by atoms with van der Waals surface area (Å²) in [5.41, 5.74) is -0.122. The molecule has 0 spiro atoms. The lowest BCUT2D eigenvalue weighted by Gasteiger charge is -2.16. The molecular weight excluding hydrogens is 224 g/mol. The first kappa shape index (κ1) is 11.6. The second kappa shape index (κ2) is 4.53. The molecule has 3 nitrogen and oxygen atoms in total. The van der Waals surface area contributed by atoms with Crippen molar-refractivity contribution in [3.63, 3.8) is 0 Å². The molecule has 0 fully saturated rings. The van der Waals surface area contributed by atoms with Crippen LogP contribution in [0.4, 0.5) is 14.5 Å². The maximum absolute atomic E-state index is 13.4. The van der Waals surface area contributed by atoms with Crippen LogP contribution in [-0.4, -0.2) is 9.55 Å². The first-order valence-corrected chi connectivity index (χ1v) is 5.27. The fourth-order valence-electron chi connectivity index (χ4n) is 1.71. The molecule has 2 aromatic rings. The zero-order chi connectivity index (χ0) is 12.4. The van der Waals surface area contributed by atoms with E-state index in [2.05, 4.69) is 10.3 Å². The number of hydrogen-bond acceptors (Lipinski definition) is 2. The summed E-state index contributed by atoms with van der Waals surface area (Å²) in [4.78, 5) is 4.13. The summed E-state index contributed by atoms with van der Waals surface area (Å²) in [6.07, 6.45) is 3.43. The van der Waals surface area contributed by atoms with E-state index in [0.29, 0.717) is 5.82 Å². The number of aryl methyl sites for hydroxylation is 1. The minimum Gasteiger partial charge on any atom is -0.371 e. The molecule has 1 aromatic heterocycles. The average molecular weight is 237 g/mol. The van der Waals surface area contributed by atoms with Gasteiger partial charge < -0.3 is 9.88 Å². The van der Waals surface area contributed by atoms with Crippen molar-refractivity contribution >= 4 is 5.69 Å². The van der Waals surface area contributed by atoms with Crippen LogP contribution in [0.25, 0.3) is 0 Å². The lowest BCUT2D eigenvalue weighted by molar-refractivity contribution is 0.581. The molecule has 90 valence electrons. The third kappa shape index (κ3) is 2.27. The largest absolute Gasteiger partial charge is 0.371 e. The molecule has 0 saturated carbocycles. The number of halogens is 2. The van der Waals surface area contributed by atoms with Crippen molar-refractivity contribution in [1.29, 1.82) is 0 Å². The molecule has 0 aliphatic carbocycles. The minimum absolute atomic E-state index is 0.122. The van der Waals surface area contributed by atoms with Gasteiger partial charge in [-0.05, 0) is 19.1 Å². The van der Waals surface area contributed by atoms with E-state index in [-0.39, 0.29) is 11.7 Å². The van der Waals surface area contributed by atoms with Crippen molar-refractivity contribution < 1.29 is 8.78 Å². The SMILES string of the molecule is CC(Nc1c(F)cccc1F)c1nccn1C. The number of aromatic nitrogens is 2. The Bertz CT molecular complexity index is 502. The molecule has 1 unspecified atom stereocenters. The van der Waals surface area contributed by atoms with Crippen LogP contribution in [-0.2, 0) is 7.05 Å². The summed E-state index contributed by atoms with van der Waals surface area (Å²) < 4.78 is 28.6. The van der Waals surface area contributed by atoms with Gasteiger partial charge in [-0.2, -0.15) is 0 Å². The van der Waals surface area contributed by atoms with Crippen LogP contribution in [0.2, 0.25) is 0 Å². The second-order valence-electron chi connectivity index (χ2n) is 3.86. The Hall–Kier alpha value is -1.91. The summed E-state index contributed by atoms with van der Waals surface area (Å²) >= 11 is 0. The molecular formula is C12H13F2N3. The molecule has 5 heteroatoms. The van der Waals surface area contributed by atoms with Crippen LogP contribution in [0.15, 0.2) is 30.6 Å². The monoisotopic (exact) mass is 237 g/mol. The fourth-order valence-corrected chi connectivity index (χ4v) is 1.71. The molecule has 0 saturated heterocycles. The fraction of sp³-hybridized carbons (Fsp3) is 0.250. The molecule has 0 aliphatic heterocycles. The molecule has 0 aliphatic rings. The number of rotatable bonds is 3. The molecule has 1 N–H and O–H groups in total. The summed E-state index contributed by atoms with van der Waals surface area (Å²) in [6.45, 7) is 1.80. The van der Waals surface area contributed by atoms with E-state index in [1.54, 1.807) is 23.9 Å². The topological polar surface area (TPSA) is 29.9 Å². The zero-order valence-corrected chi connectivity index (χ0v) is 9.61. The third-order valence-electron chi connectivity index (χ3n) is 2.57. The highest BCUT2D eigenvalue weighted by Crippen LogP contribution is 2.23. The Labute approximate surface area is 98.1 Å². The van der Waals surface area contributed by atoms with Crippen molar-refractivity contribution in [3.05, 3.63) is 48.1 Å². The number of nitrogens with zero attached hydrogens (tertiary/aromatic N) is 2. The Morgan fingerprint density at radius 1 is 1.29 bits per heavy atom. The van der Waals surface area contributed by atoms with Gasteiger partial charge in [-0.25, -0.2) is 13.8 Å². The van der Waals surface area contributed by atoms with E-state index in [4.69, 9.17) is 0 Å². The van der Waals surface area contributed by atoms with Gasteiger partial charge in [0.05, 0.1) is 6.04 Å². The Morgan fingerprint density at radius 2 is 1.94 bits per heavy atom. The van der Waals surface area contributed by atoms with Crippen LogP contribution < -0.4 is 5.32 Å². The standard InChI is InChI=1S/C12H13F2N3/c1-8(12-15-6-7-17(12)2)16-11-9(13)4-3-5-10(11)14/h3-8,16H,1-2H3. The molecule has 2 rings (SSSR count). The van der Waals surface area contributed by atoms with Crippen molar-refractivity contribution in [2.24, 2.45) is 7.05 Å². The van der Waals surface area contributed by atoms with Gasteiger partial charge >= 0.3 is 0 Å². The lowest BCUT2D eigenvalue weighted by atomic mass is 10.2. The normalized spacial score (nSPS) is 12.5. The quantitative estimate of drug-likeness (QED) is 0.889. The predicted molar refractivity (Wildman–Crippen MR) is 61.6 cm³/mol. The van der Waals surface area contributed by atoms with E-state index in [1.807, 2.05) is 7.05 Å². The molecule has 1 atom stereocenters. The number of imidazole rings is 1. The van der Waals surface area contributed by atoms with E-state index >= 15 is 0 Å². The van der Waals surface area contributed by atoms with Gasteiger partial charge in [-0.15, -0.1) is 0 Å². The Kier molecular flexibility index (Phi) is 3.08. The summed E-state index contributed by atoms with van der Waals surface area (Å²) in [6, 6.07) is 3.50. The van der Waals surface area contributed by atoms with Crippen molar-refractivity contribution in [2.45, 2.75) is 13.0 Å². The first-order valence-electron chi connectivity index (χ1n) is 5.27. The Balaban J connectivity index is 2.25. The molecule has 17 heavy (non-hydrogen) atoms. The highest BCUT2D eigenvalue weighted by molar-refractivity contribution is 5.47. The van der Waals surface area contributed by atoms with Crippen LogP contribution in [0.3, 0.4) is 0 Å². The number of benzene rings is 1. The van der Waals surface area contributed by atoms with Crippen molar-refractivity contribution in [1.82, 2.24) is 9.55 Å². The number of hydrogen-bond donors (Lipinski definition) is 1. The summed E-state index contributed by atoms with van der Waals surface area (Å²) in [7, 11) is 1.83. The van der Waals surface area contributed by atoms with Gasteiger partial charge in [-0.1, -0.05) is 6.07 Å². The van der Waals surface area contributed by atoms with Gasteiger partial charge in [0.2, 0.25) is 0 Å². The van der Waals surface area contributed by atoms with Crippen LogP contribution >= 0.6 is 0 Å². The average Bonchev–Trinajstić information content (AvgIpc) is 2.70. The van der Waals surface area contributed by atoms with E-state index in [9.17, 15) is 8.78 Å². The zero-order valence-electron chi connectivity index (χ0n) is 9.61. The van der Waals surface area contributed by atoms with Gasteiger partial charge in [-0.3, -0.25) is 0 Å².